The van der Waals surface area contributed by atoms with Crippen molar-refractivity contribution in [1.29, 1.82) is 0 Å². The van der Waals surface area contributed by atoms with E-state index < -0.39 is 6.10 Å². The Hall–Kier alpha value is -2.40. The first-order valence-corrected chi connectivity index (χ1v) is 9.59. The predicted molar refractivity (Wildman–Crippen MR) is 103 cm³/mol. The smallest absolute Gasteiger partial charge is 0.261 e. The monoisotopic (exact) mass is 387 g/mol. The fourth-order valence-electron chi connectivity index (χ4n) is 3.57. The lowest BCUT2D eigenvalue weighted by atomic mass is 10.1. The average Bonchev–Trinajstić information content (AvgIpc) is 3.21. The van der Waals surface area contributed by atoms with Gasteiger partial charge in [-0.25, -0.2) is 0 Å². The summed E-state index contributed by atoms with van der Waals surface area (Å²) in [5.41, 5.74) is 3.00. The van der Waals surface area contributed by atoms with Crippen LogP contribution in [0.2, 0.25) is 5.02 Å². The predicted octanol–water partition coefficient (Wildman–Crippen LogP) is 3.68. The SMILES string of the molecule is CCOc1cc2c(cc1CNC(=O)[C@H]1Cc3cc(Cl)ccc3O1)O[C@H](C)C2. The molecule has 2 heterocycles. The van der Waals surface area contributed by atoms with E-state index in [0.717, 1.165) is 40.4 Å². The normalized spacial score (nSPS) is 19.7. The summed E-state index contributed by atoms with van der Waals surface area (Å²) in [6.07, 6.45) is 1.01. The number of carbonyl (C=O) groups is 1. The zero-order chi connectivity index (χ0) is 19.0. The lowest BCUT2D eigenvalue weighted by Crippen LogP contribution is -2.37. The summed E-state index contributed by atoms with van der Waals surface area (Å²) in [5.74, 6) is 2.22. The second-order valence-corrected chi connectivity index (χ2v) is 7.35. The van der Waals surface area contributed by atoms with Crippen molar-refractivity contribution in [2.24, 2.45) is 0 Å². The fourth-order valence-corrected chi connectivity index (χ4v) is 3.76. The van der Waals surface area contributed by atoms with Gasteiger partial charge in [0.15, 0.2) is 6.10 Å². The van der Waals surface area contributed by atoms with Crippen molar-refractivity contribution in [2.75, 3.05) is 6.61 Å². The van der Waals surface area contributed by atoms with Crippen LogP contribution in [0, 0.1) is 0 Å². The molecule has 5 nitrogen and oxygen atoms in total. The number of benzene rings is 2. The zero-order valence-corrected chi connectivity index (χ0v) is 16.1. The summed E-state index contributed by atoms with van der Waals surface area (Å²) in [4.78, 5) is 12.6. The van der Waals surface area contributed by atoms with E-state index in [2.05, 4.69) is 5.32 Å². The molecule has 2 aromatic rings. The largest absolute Gasteiger partial charge is 0.494 e. The summed E-state index contributed by atoms with van der Waals surface area (Å²) in [6.45, 7) is 4.92. The maximum absolute atomic E-state index is 12.6. The number of fused-ring (bicyclic) bond motifs is 2. The first-order valence-electron chi connectivity index (χ1n) is 9.21. The molecule has 0 saturated carbocycles. The quantitative estimate of drug-likeness (QED) is 0.850. The minimum Gasteiger partial charge on any atom is -0.494 e. The van der Waals surface area contributed by atoms with Crippen LogP contribution in [0.25, 0.3) is 0 Å². The van der Waals surface area contributed by atoms with Gasteiger partial charge in [-0.1, -0.05) is 11.6 Å². The van der Waals surface area contributed by atoms with Crippen LogP contribution < -0.4 is 19.5 Å². The van der Waals surface area contributed by atoms with Gasteiger partial charge in [-0.3, -0.25) is 4.79 Å². The minimum atomic E-state index is -0.542. The Morgan fingerprint density at radius 3 is 2.81 bits per heavy atom. The molecule has 0 spiro atoms. The van der Waals surface area contributed by atoms with Gasteiger partial charge in [0, 0.05) is 35.5 Å². The standard InChI is InChI=1S/C21H22ClNO4/c1-3-25-18-8-13-6-12(2)26-19(13)10-15(18)11-23-21(24)20-9-14-7-16(22)4-5-17(14)27-20/h4-5,7-8,10,12,20H,3,6,9,11H2,1-2H3,(H,23,24)/t12-,20-/m1/s1. The van der Waals surface area contributed by atoms with Gasteiger partial charge in [0.1, 0.15) is 23.4 Å². The number of nitrogens with one attached hydrogen (secondary N) is 1. The average molecular weight is 388 g/mol. The molecule has 0 fully saturated rings. The Morgan fingerprint density at radius 2 is 2.00 bits per heavy atom. The van der Waals surface area contributed by atoms with Gasteiger partial charge in [-0.2, -0.15) is 0 Å². The molecule has 2 aromatic carbocycles. The lowest BCUT2D eigenvalue weighted by molar-refractivity contribution is -0.127. The van der Waals surface area contributed by atoms with Crippen LogP contribution in [-0.2, 0) is 24.2 Å². The van der Waals surface area contributed by atoms with Crippen molar-refractivity contribution in [1.82, 2.24) is 5.32 Å². The van der Waals surface area contributed by atoms with Crippen LogP contribution in [0.3, 0.4) is 0 Å². The topological polar surface area (TPSA) is 56.8 Å². The Morgan fingerprint density at radius 1 is 1.19 bits per heavy atom. The third kappa shape index (κ3) is 3.69. The molecule has 1 N–H and O–H groups in total. The maximum atomic E-state index is 12.6. The van der Waals surface area contributed by atoms with E-state index in [1.54, 1.807) is 12.1 Å². The van der Waals surface area contributed by atoms with Gasteiger partial charge in [-0.15, -0.1) is 0 Å². The van der Waals surface area contributed by atoms with Crippen LogP contribution >= 0.6 is 11.6 Å². The fraction of sp³-hybridized carbons (Fsp3) is 0.381. The van der Waals surface area contributed by atoms with Crippen molar-refractivity contribution in [3.05, 3.63) is 52.0 Å². The maximum Gasteiger partial charge on any atom is 0.261 e. The minimum absolute atomic E-state index is 0.153. The molecule has 27 heavy (non-hydrogen) atoms. The summed E-state index contributed by atoms with van der Waals surface area (Å²) in [5, 5.41) is 3.60. The van der Waals surface area contributed by atoms with Crippen LogP contribution in [0.15, 0.2) is 30.3 Å². The van der Waals surface area contributed by atoms with Gasteiger partial charge in [0.2, 0.25) is 0 Å². The van der Waals surface area contributed by atoms with Gasteiger partial charge in [-0.05, 0) is 49.7 Å². The van der Waals surface area contributed by atoms with Gasteiger partial charge >= 0.3 is 0 Å². The number of hydrogen-bond donors (Lipinski definition) is 1. The molecule has 1 amide bonds. The summed E-state index contributed by atoms with van der Waals surface area (Å²) >= 11 is 6.01. The first kappa shape index (κ1) is 18.0. The van der Waals surface area contributed by atoms with Crippen molar-refractivity contribution in [2.45, 2.75) is 45.4 Å². The second-order valence-electron chi connectivity index (χ2n) is 6.91. The molecular formula is C21H22ClNO4. The third-order valence-electron chi connectivity index (χ3n) is 4.82. The van der Waals surface area contributed by atoms with Crippen LogP contribution in [-0.4, -0.2) is 24.7 Å². The molecule has 0 aliphatic carbocycles. The van der Waals surface area contributed by atoms with Crippen molar-refractivity contribution >= 4 is 17.5 Å². The van der Waals surface area contributed by atoms with Crippen molar-refractivity contribution in [3.63, 3.8) is 0 Å². The van der Waals surface area contributed by atoms with Crippen molar-refractivity contribution in [3.8, 4) is 17.2 Å². The number of carbonyl (C=O) groups excluding carboxylic acids is 1. The Balaban J connectivity index is 1.44. The molecule has 0 saturated heterocycles. The van der Waals surface area contributed by atoms with E-state index >= 15 is 0 Å². The van der Waals surface area contributed by atoms with E-state index in [1.165, 1.54) is 0 Å². The zero-order valence-electron chi connectivity index (χ0n) is 15.4. The molecular weight excluding hydrogens is 366 g/mol. The molecule has 2 aliphatic rings. The van der Waals surface area contributed by atoms with E-state index in [4.69, 9.17) is 25.8 Å². The van der Waals surface area contributed by atoms with Gasteiger partial charge in [0.05, 0.1) is 6.61 Å². The van der Waals surface area contributed by atoms with E-state index in [1.807, 2.05) is 32.0 Å². The van der Waals surface area contributed by atoms with Gasteiger partial charge in [0.25, 0.3) is 5.91 Å². The lowest BCUT2D eigenvalue weighted by Gasteiger charge is -2.15. The van der Waals surface area contributed by atoms with Crippen LogP contribution in [0.4, 0.5) is 0 Å². The number of amides is 1. The molecule has 2 atom stereocenters. The molecule has 2 aliphatic heterocycles. The van der Waals surface area contributed by atoms with E-state index in [9.17, 15) is 4.79 Å². The first-order chi connectivity index (χ1) is 13.0. The highest BCUT2D eigenvalue weighted by Crippen LogP contribution is 2.35. The summed E-state index contributed by atoms with van der Waals surface area (Å²) in [6, 6.07) is 9.40. The van der Waals surface area contributed by atoms with E-state index in [0.29, 0.717) is 24.6 Å². The Labute approximate surface area is 163 Å². The third-order valence-corrected chi connectivity index (χ3v) is 5.06. The summed E-state index contributed by atoms with van der Waals surface area (Å²) in [7, 11) is 0. The highest BCUT2D eigenvalue weighted by molar-refractivity contribution is 6.30. The molecule has 4 rings (SSSR count). The molecule has 6 heteroatoms. The van der Waals surface area contributed by atoms with Crippen molar-refractivity contribution < 1.29 is 19.0 Å². The molecule has 0 radical (unpaired) electrons. The van der Waals surface area contributed by atoms with Crippen LogP contribution in [0.5, 0.6) is 17.2 Å². The number of hydrogen-bond acceptors (Lipinski definition) is 4. The number of rotatable bonds is 5. The summed E-state index contributed by atoms with van der Waals surface area (Å²) < 4.78 is 17.4. The highest BCUT2D eigenvalue weighted by atomic mass is 35.5. The molecule has 142 valence electrons. The Kier molecular flexibility index (Phi) is 4.87. The van der Waals surface area contributed by atoms with E-state index in [-0.39, 0.29) is 12.0 Å². The number of ether oxygens (including phenoxy) is 3. The number of halogens is 1. The molecule has 0 bridgehead atoms. The second kappa shape index (κ2) is 7.31. The molecule has 0 unspecified atom stereocenters. The van der Waals surface area contributed by atoms with Crippen LogP contribution in [0.1, 0.15) is 30.5 Å². The van der Waals surface area contributed by atoms with Gasteiger partial charge < -0.3 is 19.5 Å². The highest BCUT2D eigenvalue weighted by Gasteiger charge is 2.29. The molecule has 0 aromatic heterocycles. The Bertz CT molecular complexity index is 883.